The summed E-state index contributed by atoms with van der Waals surface area (Å²) in [6.45, 7) is 0. The number of para-hydroxylation sites is 6. The predicted octanol–water partition coefficient (Wildman–Crippen LogP) is 15.6. The van der Waals surface area contributed by atoms with Crippen LogP contribution in [0, 0.1) is 0 Å². The van der Waals surface area contributed by atoms with E-state index in [1.165, 1.54) is 54.1 Å². The van der Waals surface area contributed by atoms with Crippen LogP contribution in [-0.2, 0) is 4.57 Å². The molecule has 3 unspecified atom stereocenters. The summed E-state index contributed by atoms with van der Waals surface area (Å²) in [7, 11) is -3.34. The van der Waals surface area contributed by atoms with E-state index in [4.69, 9.17) is 4.74 Å². The Balaban J connectivity index is 0.901. The highest BCUT2D eigenvalue weighted by Crippen LogP contribution is 2.58. The van der Waals surface area contributed by atoms with Gasteiger partial charge in [0.25, 0.3) is 0 Å². The molecular weight excluding hydrogens is 912 g/mol. The molecule has 1 aliphatic carbocycles. The first-order chi connectivity index (χ1) is 36.1. The predicted molar refractivity (Wildman–Crippen MR) is 304 cm³/mol. The van der Waals surface area contributed by atoms with E-state index in [9.17, 15) is 0 Å². The lowest BCUT2D eigenvalue weighted by molar-refractivity contribution is 0.250. The van der Waals surface area contributed by atoms with Gasteiger partial charge in [0, 0.05) is 77.2 Å². The Morgan fingerprint density at radius 2 is 0.767 bits per heavy atom. The van der Waals surface area contributed by atoms with Crippen LogP contribution in [0.25, 0.3) is 110 Å². The summed E-state index contributed by atoms with van der Waals surface area (Å²) in [5, 5.41) is 11.1. The first kappa shape index (κ1) is 40.6. The number of aromatic nitrogens is 4. The fourth-order valence-corrected chi connectivity index (χ4v) is 15.8. The molecule has 6 nitrogen and oxygen atoms in total. The number of ether oxygens (including phenoxy) is 1. The molecule has 2 aliphatic rings. The molecule has 344 valence electrons. The van der Waals surface area contributed by atoms with E-state index in [1.807, 2.05) is 30.3 Å². The minimum atomic E-state index is -3.34. The normalized spacial score (nSPS) is 17.6. The van der Waals surface area contributed by atoms with E-state index in [2.05, 4.69) is 237 Å². The van der Waals surface area contributed by atoms with Crippen LogP contribution >= 0.6 is 7.14 Å². The van der Waals surface area contributed by atoms with E-state index >= 15 is 4.57 Å². The van der Waals surface area contributed by atoms with E-state index in [1.54, 1.807) is 0 Å². The highest BCUT2D eigenvalue weighted by molar-refractivity contribution is 7.79. The number of allylic oxidation sites excluding steroid dienone is 2. The Kier molecular flexibility index (Phi) is 8.46. The third-order valence-electron chi connectivity index (χ3n) is 15.7. The van der Waals surface area contributed by atoms with Crippen molar-refractivity contribution in [2.45, 2.75) is 11.8 Å². The van der Waals surface area contributed by atoms with Crippen LogP contribution < -0.4 is 15.3 Å². The van der Waals surface area contributed by atoms with Gasteiger partial charge in [-0.1, -0.05) is 146 Å². The molecule has 0 saturated heterocycles. The SMILES string of the molecule is O=P1(c2ccccc2)c2ccc(-n3c4ccccc4c4cc5c6ccccc6n(-c6ccccc6)c5cc43)cc2OC2C=C(n3c4ccccc4c4cc5c6ccccc6n(-c6ccccc6)c5cc43)C=CC21. The molecule has 73 heavy (non-hydrogen) atoms. The maximum Gasteiger partial charge on any atom is 0.157 e. The largest absolute Gasteiger partial charge is 0.484 e. The zero-order chi connectivity index (χ0) is 47.9. The van der Waals surface area contributed by atoms with Crippen molar-refractivity contribution in [3.63, 3.8) is 0 Å². The molecule has 0 amide bonds. The van der Waals surface area contributed by atoms with Crippen molar-refractivity contribution in [3.05, 3.63) is 249 Å². The molecule has 10 aromatic carbocycles. The molecule has 1 aliphatic heterocycles. The lowest BCUT2D eigenvalue weighted by atomic mass is 10.1. The second kappa shape index (κ2) is 15.2. The summed E-state index contributed by atoms with van der Waals surface area (Å²) in [5.41, 5.74) is 12.7. The van der Waals surface area contributed by atoms with Gasteiger partial charge in [-0.2, -0.15) is 0 Å². The van der Waals surface area contributed by atoms with Crippen molar-refractivity contribution < 1.29 is 9.30 Å². The van der Waals surface area contributed by atoms with Gasteiger partial charge >= 0.3 is 0 Å². The Hall–Kier alpha value is -9.09. The zero-order valence-electron chi connectivity index (χ0n) is 39.4. The van der Waals surface area contributed by atoms with Gasteiger partial charge in [-0.15, -0.1) is 0 Å². The summed E-state index contributed by atoms with van der Waals surface area (Å²) < 4.78 is 33.3. The van der Waals surface area contributed by atoms with Crippen molar-refractivity contribution >= 4 is 111 Å². The van der Waals surface area contributed by atoms with Gasteiger partial charge in [-0.3, -0.25) is 0 Å². The molecule has 5 heterocycles. The summed E-state index contributed by atoms with van der Waals surface area (Å²) in [4.78, 5) is 0. The number of rotatable bonds is 5. The second-order valence-electron chi connectivity index (χ2n) is 19.5. The Bertz CT molecular complexity index is 4750. The summed E-state index contributed by atoms with van der Waals surface area (Å²) >= 11 is 0. The topological polar surface area (TPSA) is 46.0 Å². The van der Waals surface area contributed by atoms with Crippen LogP contribution in [0.15, 0.2) is 249 Å². The highest BCUT2D eigenvalue weighted by Gasteiger charge is 2.47. The zero-order valence-corrected chi connectivity index (χ0v) is 40.3. The molecule has 0 spiro atoms. The number of hydrogen-bond donors (Lipinski definition) is 0. The maximum absolute atomic E-state index is 16.5. The van der Waals surface area contributed by atoms with Crippen LogP contribution in [0.1, 0.15) is 0 Å². The fourth-order valence-electron chi connectivity index (χ4n) is 12.6. The Morgan fingerprint density at radius 1 is 0.356 bits per heavy atom. The number of benzene rings is 10. The van der Waals surface area contributed by atoms with E-state index in [0.29, 0.717) is 5.75 Å². The molecular formula is C66H43N4O2P. The van der Waals surface area contributed by atoms with Crippen molar-refractivity contribution in [3.8, 4) is 22.8 Å². The fraction of sp³-hybridized carbons (Fsp3) is 0.0303. The van der Waals surface area contributed by atoms with Gasteiger partial charge < -0.3 is 27.6 Å². The van der Waals surface area contributed by atoms with E-state index in [0.717, 1.165) is 66.5 Å². The van der Waals surface area contributed by atoms with Gasteiger partial charge in [0.05, 0.1) is 55.1 Å². The maximum atomic E-state index is 16.5. The summed E-state index contributed by atoms with van der Waals surface area (Å²) in [5.74, 6) is 0.638. The van der Waals surface area contributed by atoms with Crippen molar-refractivity contribution in [1.29, 1.82) is 0 Å². The molecule has 16 rings (SSSR count). The minimum absolute atomic E-state index is 0.418. The lowest BCUT2D eigenvalue weighted by Crippen LogP contribution is -2.42. The lowest BCUT2D eigenvalue weighted by Gasteiger charge is -2.39. The van der Waals surface area contributed by atoms with Crippen LogP contribution in [-0.4, -0.2) is 30.0 Å². The Labute approximate surface area is 419 Å². The van der Waals surface area contributed by atoms with Crippen LogP contribution in [0.2, 0.25) is 0 Å². The molecule has 0 radical (unpaired) electrons. The summed E-state index contributed by atoms with van der Waals surface area (Å²) in [6.07, 6.45) is 6.03. The average Bonchev–Trinajstić information content (AvgIpc) is 4.16. The molecule has 3 atom stereocenters. The Morgan fingerprint density at radius 3 is 1.26 bits per heavy atom. The van der Waals surface area contributed by atoms with Crippen LogP contribution in [0.4, 0.5) is 0 Å². The highest BCUT2D eigenvalue weighted by atomic mass is 31.2. The molecule has 0 fully saturated rings. The third-order valence-corrected chi connectivity index (χ3v) is 19.2. The monoisotopic (exact) mass is 954 g/mol. The third kappa shape index (κ3) is 5.67. The quantitative estimate of drug-likeness (QED) is 0.161. The smallest absolute Gasteiger partial charge is 0.157 e. The van der Waals surface area contributed by atoms with Gasteiger partial charge in [0.1, 0.15) is 11.9 Å². The van der Waals surface area contributed by atoms with Gasteiger partial charge in [-0.25, -0.2) is 0 Å². The van der Waals surface area contributed by atoms with E-state index < -0.39 is 18.9 Å². The number of fused-ring (bicyclic) bond motifs is 14. The molecule has 0 saturated carbocycles. The van der Waals surface area contributed by atoms with Gasteiger partial charge in [0.15, 0.2) is 7.14 Å². The number of nitrogens with zero attached hydrogens (tertiary/aromatic N) is 4. The van der Waals surface area contributed by atoms with Crippen molar-refractivity contribution in [1.82, 2.24) is 18.3 Å². The minimum Gasteiger partial charge on any atom is -0.484 e. The summed E-state index contributed by atoms with van der Waals surface area (Å²) in [6, 6.07) is 81.9. The van der Waals surface area contributed by atoms with E-state index in [-0.39, 0.29) is 0 Å². The standard InChI is InChI=1S/C66H43N4O2P/c71-73(46-22-8-3-9-23-46)65-34-32-44(69-57-30-16-12-26-49(57)53-38-51-47-24-10-14-28-55(47)67(59(51)40-61(53)69)42-18-4-1-5-19-42)36-63(65)72-64-37-45(33-35-66(64)73)70-58-31-17-13-27-50(58)54-39-52-48-25-11-15-29-56(48)68(60(52)41-62(54)70)43-20-6-2-7-21-43/h1-41,63,65H. The molecule has 4 aromatic heterocycles. The average molecular weight is 955 g/mol. The van der Waals surface area contributed by atoms with Crippen molar-refractivity contribution in [2.24, 2.45) is 0 Å². The van der Waals surface area contributed by atoms with Crippen LogP contribution in [0.3, 0.4) is 0 Å². The first-order valence-electron chi connectivity index (χ1n) is 25.0. The molecule has 0 bridgehead atoms. The first-order valence-corrected chi connectivity index (χ1v) is 26.8. The molecule has 7 heteroatoms. The van der Waals surface area contributed by atoms with Crippen LogP contribution in [0.5, 0.6) is 5.75 Å². The molecule has 14 aromatic rings. The second-order valence-corrected chi connectivity index (χ2v) is 22.4. The van der Waals surface area contributed by atoms with Gasteiger partial charge in [0.2, 0.25) is 0 Å². The van der Waals surface area contributed by atoms with Gasteiger partial charge in [-0.05, 0) is 97.1 Å². The number of hydrogen-bond acceptors (Lipinski definition) is 2. The molecule has 0 N–H and O–H groups in total. The van der Waals surface area contributed by atoms with Crippen molar-refractivity contribution in [2.75, 3.05) is 0 Å².